The molecule has 1 heterocycles. The van der Waals surface area contributed by atoms with Crippen LogP contribution in [0.4, 0.5) is 4.79 Å². The van der Waals surface area contributed by atoms with Crippen molar-refractivity contribution in [3.8, 4) is 0 Å². The van der Waals surface area contributed by atoms with Crippen LogP contribution in [-0.2, 0) is 4.74 Å². The van der Waals surface area contributed by atoms with Crippen molar-refractivity contribution in [1.29, 1.82) is 0 Å². The lowest BCUT2D eigenvalue weighted by Crippen LogP contribution is -2.40. The zero-order valence-corrected chi connectivity index (χ0v) is 6.80. The van der Waals surface area contributed by atoms with Crippen molar-refractivity contribution in [3.63, 3.8) is 0 Å². The molecule has 1 fully saturated rings. The van der Waals surface area contributed by atoms with Crippen LogP contribution in [-0.4, -0.2) is 30.8 Å². The monoisotopic (exact) mass is 158 g/mol. The molecule has 0 spiro atoms. The van der Waals surface area contributed by atoms with Gasteiger partial charge in [0.05, 0.1) is 6.61 Å². The molecule has 0 aromatic rings. The first-order valence-electron chi connectivity index (χ1n) is 4.01. The van der Waals surface area contributed by atoms with Crippen molar-refractivity contribution in [2.75, 3.05) is 19.7 Å². The summed E-state index contributed by atoms with van der Waals surface area (Å²) in [5.74, 6) is 0. The fourth-order valence-corrected chi connectivity index (χ4v) is 1.12. The zero-order chi connectivity index (χ0) is 8.10. The smallest absolute Gasteiger partial charge is 0.421 e. The maximum atomic E-state index is 10.8. The topological polar surface area (TPSA) is 41.6 Å². The Balaban J connectivity index is 2.13. The molecule has 4 heteroatoms. The van der Waals surface area contributed by atoms with E-state index in [1.54, 1.807) is 6.92 Å². The zero-order valence-electron chi connectivity index (χ0n) is 6.80. The lowest BCUT2D eigenvalue weighted by atomic mass is 10.4. The summed E-state index contributed by atoms with van der Waals surface area (Å²) in [6, 6.07) is 0. The van der Waals surface area contributed by atoms with Gasteiger partial charge in [0.1, 0.15) is 0 Å². The van der Waals surface area contributed by atoms with Crippen LogP contribution in [0.3, 0.4) is 0 Å². The van der Waals surface area contributed by atoms with E-state index in [2.05, 4.69) is 5.43 Å². The minimum absolute atomic E-state index is 0.339. The molecule has 1 rings (SSSR count). The van der Waals surface area contributed by atoms with E-state index in [1.807, 2.05) is 5.01 Å². The fourth-order valence-electron chi connectivity index (χ4n) is 1.12. The number of hydrogen-bond acceptors (Lipinski definition) is 3. The Morgan fingerprint density at radius 2 is 2.18 bits per heavy atom. The molecular formula is C7H14N2O2. The molecule has 1 N–H and O–H groups in total. The third-order valence-corrected chi connectivity index (χ3v) is 1.63. The molecule has 1 aliphatic rings. The van der Waals surface area contributed by atoms with Gasteiger partial charge in [0.2, 0.25) is 0 Å². The minimum atomic E-state index is -0.339. The molecule has 4 nitrogen and oxygen atoms in total. The second-order valence-corrected chi connectivity index (χ2v) is 2.53. The summed E-state index contributed by atoms with van der Waals surface area (Å²) >= 11 is 0. The summed E-state index contributed by atoms with van der Waals surface area (Å²) in [6.07, 6.45) is 1.98. The summed E-state index contributed by atoms with van der Waals surface area (Å²) in [4.78, 5) is 10.8. The molecule has 1 saturated heterocycles. The Kier molecular flexibility index (Phi) is 3.16. The van der Waals surface area contributed by atoms with Crippen LogP contribution >= 0.6 is 0 Å². The van der Waals surface area contributed by atoms with Crippen LogP contribution in [0.25, 0.3) is 0 Å². The number of nitrogens with zero attached hydrogens (tertiary/aromatic N) is 1. The first-order chi connectivity index (χ1) is 5.33. The van der Waals surface area contributed by atoms with Crippen molar-refractivity contribution in [2.45, 2.75) is 19.8 Å². The number of ether oxygens (including phenoxy) is 1. The summed E-state index contributed by atoms with van der Waals surface area (Å²) in [5, 5.41) is 1.89. The largest absolute Gasteiger partial charge is 0.449 e. The van der Waals surface area contributed by atoms with Gasteiger partial charge in [-0.05, 0) is 19.8 Å². The van der Waals surface area contributed by atoms with Gasteiger partial charge in [-0.1, -0.05) is 0 Å². The number of hydrogen-bond donors (Lipinski definition) is 1. The van der Waals surface area contributed by atoms with E-state index in [4.69, 9.17) is 4.74 Å². The predicted molar refractivity (Wildman–Crippen MR) is 41.0 cm³/mol. The second-order valence-electron chi connectivity index (χ2n) is 2.53. The molecule has 0 aromatic carbocycles. The van der Waals surface area contributed by atoms with E-state index in [0.29, 0.717) is 6.61 Å². The van der Waals surface area contributed by atoms with Crippen LogP contribution in [0.2, 0.25) is 0 Å². The second kappa shape index (κ2) is 4.18. The quantitative estimate of drug-likeness (QED) is 0.644. The van der Waals surface area contributed by atoms with Crippen molar-refractivity contribution in [1.82, 2.24) is 10.4 Å². The fraction of sp³-hybridized carbons (Fsp3) is 0.857. The number of carbonyl (C=O) groups excluding carboxylic acids is 1. The van der Waals surface area contributed by atoms with Gasteiger partial charge in [-0.25, -0.2) is 9.80 Å². The van der Waals surface area contributed by atoms with E-state index in [-0.39, 0.29) is 6.09 Å². The van der Waals surface area contributed by atoms with Crippen molar-refractivity contribution in [3.05, 3.63) is 0 Å². The van der Waals surface area contributed by atoms with Gasteiger partial charge in [0.25, 0.3) is 0 Å². The normalized spacial score (nSPS) is 18.3. The SMILES string of the molecule is CCOC(=O)NN1CCCC1. The van der Waals surface area contributed by atoms with Crippen LogP contribution in [0.5, 0.6) is 0 Å². The third kappa shape index (κ3) is 2.76. The molecule has 0 aromatic heterocycles. The van der Waals surface area contributed by atoms with Crippen molar-refractivity contribution < 1.29 is 9.53 Å². The molecule has 0 radical (unpaired) electrons. The highest BCUT2D eigenvalue weighted by atomic mass is 16.6. The van der Waals surface area contributed by atoms with E-state index in [9.17, 15) is 4.79 Å². The van der Waals surface area contributed by atoms with Crippen LogP contribution in [0.1, 0.15) is 19.8 Å². The Bertz CT molecular complexity index is 132. The Morgan fingerprint density at radius 1 is 1.55 bits per heavy atom. The highest BCUT2D eigenvalue weighted by Gasteiger charge is 2.13. The molecule has 11 heavy (non-hydrogen) atoms. The standard InChI is InChI=1S/C7H14N2O2/c1-2-11-7(10)8-9-5-3-4-6-9/h2-6H2,1H3,(H,8,10). The van der Waals surface area contributed by atoms with E-state index >= 15 is 0 Å². The third-order valence-electron chi connectivity index (χ3n) is 1.63. The summed E-state index contributed by atoms with van der Waals surface area (Å²) in [5.41, 5.74) is 2.65. The molecule has 1 amide bonds. The summed E-state index contributed by atoms with van der Waals surface area (Å²) in [6.45, 7) is 4.11. The van der Waals surface area contributed by atoms with E-state index in [0.717, 1.165) is 25.9 Å². The minimum Gasteiger partial charge on any atom is -0.449 e. The maximum absolute atomic E-state index is 10.8. The lowest BCUT2D eigenvalue weighted by Gasteiger charge is -2.14. The number of carbonyl (C=O) groups is 1. The van der Waals surface area contributed by atoms with Gasteiger partial charge < -0.3 is 4.74 Å². The lowest BCUT2D eigenvalue weighted by molar-refractivity contribution is 0.119. The summed E-state index contributed by atoms with van der Waals surface area (Å²) in [7, 11) is 0. The molecule has 0 unspecified atom stereocenters. The number of hydrazine groups is 1. The summed E-state index contributed by atoms with van der Waals surface area (Å²) < 4.78 is 4.71. The molecule has 0 aliphatic carbocycles. The number of nitrogens with one attached hydrogen (secondary N) is 1. The molecule has 0 atom stereocenters. The number of rotatable bonds is 2. The Hall–Kier alpha value is -0.770. The maximum Gasteiger partial charge on any atom is 0.421 e. The molecule has 0 bridgehead atoms. The average Bonchev–Trinajstić information content (AvgIpc) is 2.40. The molecule has 64 valence electrons. The first kappa shape index (κ1) is 8.33. The van der Waals surface area contributed by atoms with Crippen molar-refractivity contribution >= 4 is 6.09 Å². The molecule has 0 saturated carbocycles. The van der Waals surface area contributed by atoms with Crippen LogP contribution in [0, 0.1) is 0 Å². The molecular weight excluding hydrogens is 144 g/mol. The molecule has 1 aliphatic heterocycles. The van der Waals surface area contributed by atoms with Gasteiger partial charge >= 0.3 is 6.09 Å². The highest BCUT2D eigenvalue weighted by molar-refractivity contribution is 5.66. The van der Waals surface area contributed by atoms with Gasteiger partial charge in [-0.15, -0.1) is 0 Å². The van der Waals surface area contributed by atoms with Gasteiger partial charge in [-0.2, -0.15) is 0 Å². The average molecular weight is 158 g/mol. The Labute approximate surface area is 66.5 Å². The van der Waals surface area contributed by atoms with Gasteiger partial charge in [0.15, 0.2) is 0 Å². The predicted octanol–water partition coefficient (Wildman–Crippen LogP) is 0.743. The van der Waals surface area contributed by atoms with Gasteiger partial charge in [-0.3, -0.25) is 5.43 Å². The Morgan fingerprint density at radius 3 is 2.73 bits per heavy atom. The van der Waals surface area contributed by atoms with E-state index < -0.39 is 0 Å². The van der Waals surface area contributed by atoms with E-state index in [1.165, 1.54) is 0 Å². The first-order valence-corrected chi connectivity index (χ1v) is 4.01. The highest BCUT2D eigenvalue weighted by Crippen LogP contribution is 2.03. The van der Waals surface area contributed by atoms with Crippen LogP contribution < -0.4 is 5.43 Å². The van der Waals surface area contributed by atoms with Gasteiger partial charge in [0, 0.05) is 13.1 Å². The van der Waals surface area contributed by atoms with Crippen LogP contribution in [0.15, 0.2) is 0 Å². The number of amides is 1. The van der Waals surface area contributed by atoms with Crippen molar-refractivity contribution in [2.24, 2.45) is 0 Å².